The van der Waals surface area contributed by atoms with Gasteiger partial charge in [-0.15, -0.1) is 0 Å². The van der Waals surface area contributed by atoms with Crippen molar-refractivity contribution in [1.29, 1.82) is 0 Å². The Kier molecular flexibility index (Phi) is 2.94. The topological polar surface area (TPSA) is 102 Å². The van der Waals surface area contributed by atoms with E-state index in [0.717, 1.165) is 0 Å². The lowest BCUT2D eigenvalue weighted by atomic mass is 10.1. The van der Waals surface area contributed by atoms with Crippen LogP contribution >= 0.6 is 0 Å². The third kappa shape index (κ3) is 2.25. The largest absolute Gasteiger partial charge is 0.507 e. The second kappa shape index (κ2) is 4.78. The summed E-state index contributed by atoms with van der Waals surface area (Å²) in [6.45, 7) is 0.269. The molecule has 1 aliphatic heterocycles. The molecule has 1 amide bonds. The fraction of sp³-hybridized carbons (Fsp3) is 0.0714. The van der Waals surface area contributed by atoms with Gasteiger partial charge in [0.05, 0.1) is 10.5 Å². The van der Waals surface area contributed by atoms with Gasteiger partial charge in [-0.05, 0) is 24.3 Å². The molecule has 2 aromatic carbocycles. The fourth-order valence-corrected chi connectivity index (χ4v) is 2.16. The number of aromatic hydroxyl groups is 1. The van der Waals surface area contributed by atoms with Crippen molar-refractivity contribution in [3.05, 3.63) is 57.6 Å². The highest BCUT2D eigenvalue weighted by molar-refractivity contribution is 6.01. The van der Waals surface area contributed by atoms with Gasteiger partial charge in [-0.1, -0.05) is 0 Å². The van der Waals surface area contributed by atoms with Crippen molar-refractivity contribution in [2.45, 2.75) is 6.54 Å². The van der Waals surface area contributed by atoms with Crippen LogP contribution in [0.5, 0.6) is 17.2 Å². The molecule has 0 aliphatic carbocycles. The monoisotopic (exact) mass is 286 g/mol. The van der Waals surface area contributed by atoms with Gasteiger partial charge in [0.2, 0.25) is 0 Å². The number of phenols is 1. The lowest BCUT2D eigenvalue weighted by Gasteiger charge is -2.10. The number of hydrogen-bond donors (Lipinski definition) is 2. The van der Waals surface area contributed by atoms with E-state index in [1.807, 2.05) is 0 Å². The molecule has 2 N–H and O–H groups in total. The number of non-ortho nitro benzene ring substituents is 1. The zero-order chi connectivity index (χ0) is 15.0. The molecule has 0 fully saturated rings. The van der Waals surface area contributed by atoms with Crippen LogP contribution in [0.1, 0.15) is 15.9 Å². The molecule has 0 saturated carbocycles. The highest BCUT2D eigenvalue weighted by Gasteiger charge is 2.26. The third-order valence-electron chi connectivity index (χ3n) is 3.18. The average Bonchev–Trinajstić information content (AvgIpc) is 2.86. The zero-order valence-corrected chi connectivity index (χ0v) is 10.7. The van der Waals surface area contributed by atoms with Crippen LogP contribution in [-0.4, -0.2) is 15.9 Å². The van der Waals surface area contributed by atoms with Gasteiger partial charge < -0.3 is 15.2 Å². The van der Waals surface area contributed by atoms with Crippen LogP contribution in [0, 0.1) is 10.1 Å². The van der Waals surface area contributed by atoms with E-state index in [9.17, 15) is 20.0 Å². The first-order valence-electron chi connectivity index (χ1n) is 6.11. The van der Waals surface area contributed by atoms with E-state index in [1.165, 1.54) is 30.3 Å². The SMILES string of the molecule is O=C1NCc2c(Oc3ccc([N+](=O)[O-])cc3)ccc(O)c21. The molecule has 7 nitrogen and oxygen atoms in total. The summed E-state index contributed by atoms with van der Waals surface area (Å²) in [5.74, 6) is 0.385. The molecule has 2 aromatic rings. The summed E-state index contributed by atoms with van der Waals surface area (Å²) in [6, 6.07) is 8.54. The summed E-state index contributed by atoms with van der Waals surface area (Å²) in [7, 11) is 0. The van der Waals surface area contributed by atoms with E-state index >= 15 is 0 Å². The van der Waals surface area contributed by atoms with Crippen LogP contribution < -0.4 is 10.1 Å². The van der Waals surface area contributed by atoms with Crippen molar-refractivity contribution in [1.82, 2.24) is 5.32 Å². The second-order valence-electron chi connectivity index (χ2n) is 4.47. The Labute approximate surface area is 118 Å². The molecular formula is C14H10N2O5. The number of nitrogens with zero attached hydrogens (tertiary/aromatic N) is 1. The van der Waals surface area contributed by atoms with Crippen LogP contribution in [0.15, 0.2) is 36.4 Å². The van der Waals surface area contributed by atoms with Crippen molar-refractivity contribution >= 4 is 11.6 Å². The number of amides is 1. The second-order valence-corrected chi connectivity index (χ2v) is 4.47. The third-order valence-corrected chi connectivity index (χ3v) is 3.18. The standard InChI is InChI=1S/C14H10N2O5/c17-11-5-6-12(10-7-15-14(18)13(10)11)21-9-3-1-8(2-4-9)16(19)20/h1-6,17H,7H2,(H,15,18). The quantitative estimate of drug-likeness (QED) is 0.666. The minimum atomic E-state index is -0.495. The van der Waals surface area contributed by atoms with Crippen LogP contribution in [-0.2, 0) is 6.54 Å². The number of carbonyl (C=O) groups excluding carboxylic acids is 1. The predicted octanol–water partition coefficient (Wildman–Crippen LogP) is 2.34. The zero-order valence-electron chi connectivity index (χ0n) is 10.7. The van der Waals surface area contributed by atoms with Gasteiger partial charge in [0.15, 0.2) is 0 Å². The number of benzene rings is 2. The van der Waals surface area contributed by atoms with E-state index in [-0.39, 0.29) is 29.5 Å². The molecule has 7 heteroatoms. The molecule has 3 rings (SSSR count). The van der Waals surface area contributed by atoms with E-state index in [1.54, 1.807) is 6.07 Å². The first-order chi connectivity index (χ1) is 10.1. The number of phenolic OH excluding ortho intramolecular Hbond substituents is 1. The Bertz CT molecular complexity index is 740. The number of fused-ring (bicyclic) bond motifs is 1. The highest BCUT2D eigenvalue weighted by Crippen LogP contribution is 2.35. The normalized spacial score (nSPS) is 12.7. The molecule has 1 heterocycles. The number of carbonyl (C=O) groups is 1. The summed E-state index contributed by atoms with van der Waals surface area (Å²) < 4.78 is 5.63. The molecule has 21 heavy (non-hydrogen) atoms. The molecular weight excluding hydrogens is 276 g/mol. The number of hydrogen-bond acceptors (Lipinski definition) is 5. The Morgan fingerprint density at radius 1 is 1.19 bits per heavy atom. The van der Waals surface area contributed by atoms with E-state index < -0.39 is 4.92 Å². The Morgan fingerprint density at radius 3 is 2.57 bits per heavy atom. The van der Waals surface area contributed by atoms with Gasteiger partial charge in [0.1, 0.15) is 17.2 Å². The first-order valence-corrected chi connectivity index (χ1v) is 6.11. The number of nitro benzene ring substituents is 1. The molecule has 0 aromatic heterocycles. The number of rotatable bonds is 3. The Morgan fingerprint density at radius 2 is 1.90 bits per heavy atom. The smallest absolute Gasteiger partial charge is 0.269 e. The van der Waals surface area contributed by atoms with E-state index in [0.29, 0.717) is 17.1 Å². The minimum absolute atomic E-state index is 0.0323. The molecule has 0 spiro atoms. The molecule has 0 atom stereocenters. The van der Waals surface area contributed by atoms with Crippen molar-refractivity contribution in [2.75, 3.05) is 0 Å². The van der Waals surface area contributed by atoms with Crippen LogP contribution in [0.25, 0.3) is 0 Å². The first kappa shape index (κ1) is 12.9. The van der Waals surface area contributed by atoms with Gasteiger partial charge in [0.25, 0.3) is 11.6 Å². The van der Waals surface area contributed by atoms with Gasteiger partial charge in [0, 0.05) is 24.2 Å². The summed E-state index contributed by atoms with van der Waals surface area (Å²) >= 11 is 0. The predicted molar refractivity (Wildman–Crippen MR) is 72.4 cm³/mol. The van der Waals surface area contributed by atoms with Crippen LogP contribution in [0.2, 0.25) is 0 Å². The maximum absolute atomic E-state index is 11.6. The molecule has 0 unspecified atom stereocenters. The van der Waals surface area contributed by atoms with E-state index in [4.69, 9.17) is 4.74 Å². The molecule has 0 radical (unpaired) electrons. The number of nitrogens with one attached hydrogen (secondary N) is 1. The van der Waals surface area contributed by atoms with Crippen molar-refractivity contribution in [2.24, 2.45) is 0 Å². The number of nitro groups is 1. The van der Waals surface area contributed by atoms with Crippen LogP contribution in [0.4, 0.5) is 5.69 Å². The highest BCUT2D eigenvalue weighted by atomic mass is 16.6. The molecule has 0 saturated heterocycles. The van der Waals surface area contributed by atoms with Crippen molar-refractivity contribution in [3.8, 4) is 17.2 Å². The summed E-state index contributed by atoms with van der Waals surface area (Å²) in [6.07, 6.45) is 0. The average molecular weight is 286 g/mol. The minimum Gasteiger partial charge on any atom is -0.507 e. The van der Waals surface area contributed by atoms with Crippen LogP contribution in [0.3, 0.4) is 0 Å². The summed E-state index contributed by atoms with van der Waals surface area (Å²) in [5, 5.41) is 22.9. The van der Waals surface area contributed by atoms with Gasteiger partial charge >= 0.3 is 0 Å². The Hall–Kier alpha value is -3.09. The van der Waals surface area contributed by atoms with Crippen molar-refractivity contribution < 1.29 is 19.6 Å². The summed E-state index contributed by atoms with van der Waals surface area (Å²) in [5.41, 5.74) is 0.739. The van der Waals surface area contributed by atoms with E-state index in [2.05, 4.69) is 5.32 Å². The fourth-order valence-electron chi connectivity index (χ4n) is 2.16. The lowest BCUT2D eigenvalue weighted by molar-refractivity contribution is -0.384. The number of ether oxygens (including phenoxy) is 1. The van der Waals surface area contributed by atoms with Gasteiger partial charge in [-0.25, -0.2) is 0 Å². The molecule has 106 valence electrons. The maximum atomic E-state index is 11.6. The van der Waals surface area contributed by atoms with Crippen molar-refractivity contribution in [3.63, 3.8) is 0 Å². The lowest BCUT2D eigenvalue weighted by Crippen LogP contribution is -2.12. The summed E-state index contributed by atoms with van der Waals surface area (Å²) in [4.78, 5) is 21.7. The van der Waals surface area contributed by atoms with Gasteiger partial charge in [-0.2, -0.15) is 0 Å². The Balaban J connectivity index is 1.92. The van der Waals surface area contributed by atoms with Gasteiger partial charge in [-0.3, -0.25) is 14.9 Å². The molecule has 1 aliphatic rings. The molecule has 0 bridgehead atoms. The maximum Gasteiger partial charge on any atom is 0.269 e.